The van der Waals surface area contributed by atoms with Crippen molar-refractivity contribution in [2.24, 2.45) is 5.73 Å². The van der Waals surface area contributed by atoms with Crippen LogP contribution in [-0.2, 0) is 0 Å². The molecule has 5 heteroatoms. The van der Waals surface area contributed by atoms with E-state index in [0.717, 1.165) is 25.7 Å². The molecular formula is C12H21F3N2. The van der Waals surface area contributed by atoms with Crippen molar-refractivity contribution in [2.75, 3.05) is 6.54 Å². The van der Waals surface area contributed by atoms with Gasteiger partial charge in [-0.25, -0.2) is 0 Å². The summed E-state index contributed by atoms with van der Waals surface area (Å²) in [6.07, 6.45) is 0.900. The summed E-state index contributed by atoms with van der Waals surface area (Å²) in [5.74, 6) is 0. The lowest BCUT2D eigenvalue weighted by Gasteiger charge is -2.48. The third kappa shape index (κ3) is 3.58. The number of hydrogen-bond acceptors (Lipinski definition) is 2. The van der Waals surface area contributed by atoms with Crippen LogP contribution in [-0.4, -0.2) is 35.7 Å². The fraction of sp³-hybridized carbons (Fsp3) is 1.00. The van der Waals surface area contributed by atoms with Gasteiger partial charge in [0.15, 0.2) is 0 Å². The van der Waals surface area contributed by atoms with E-state index < -0.39 is 12.6 Å². The highest BCUT2D eigenvalue weighted by Gasteiger charge is 2.37. The second kappa shape index (κ2) is 5.14. The van der Waals surface area contributed by atoms with Crippen molar-refractivity contribution in [1.29, 1.82) is 0 Å². The minimum atomic E-state index is -4.01. The standard InChI is InChI=1S/C12H21F3N2/c13-12(14,15)5-2-6-17-10-3-1-4-11(17)8-9(16)7-10/h9-11H,1-8,16H2. The molecule has 2 nitrogen and oxygen atoms in total. The summed E-state index contributed by atoms with van der Waals surface area (Å²) in [7, 11) is 0. The van der Waals surface area contributed by atoms with E-state index in [-0.39, 0.29) is 12.5 Å². The van der Waals surface area contributed by atoms with E-state index in [1.807, 2.05) is 0 Å². The molecule has 0 saturated carbocycles. The van der Waals surface area contributed by atoms with Gasteiger partial charge in [-0.2, -0.15) is 13.2 Å². The van der Waals surface area contributed by atoms with Crippen LogP contribution < -0.4 is 5.73 Å². The van der Waals surface area contributed by atoms with Crippen molar-refractivity contribution in [3.05, 3.63) is 0 Å². The topological polar surface area (TPSA) is 29.3 Å². The third-order valence-corrected chi connectivity index (χ3v) is 4.04. The van der Waals surface area contributed by atoms with Crippen LogP contribution in [0.2, 0.25) is 0 Å². The summed E-state index contributed by atoms with van der Waals surface area (Å²) in [6, 6.07) is 1.13. The summed E-state index contributed by atoms with van der Waals surface area (Å²) >= 11 is 0. The first-order valence-electron chi connectivity index (χ1n) is 6.54. The zero-order valence-corrected chi connectivity index (χ0v) is 10.0. The van der Waals surface area contributed by atoms with E-state index in [1.165, 1.54) is 6.42 Å². The highest BCUT2D eigenvalue weighted by Crippen LogP contribution is 2.34. The van der Waals surface area contributed by atoms with Gasteiger partial charge in [-0.05, 0) is 38.6 Å². The average molecular weight is 250 g/mol. The molecule has 2 rings (SSSR count). The number of fused-ring (bicyclic) bond motifs is 2. The maximum absolute atomic E-state index is 12.1. The quantitative estimate of drug-likeness (QED) is 0.834. The molecule has 2 N–H and O–H groups in total. The molecule has 0 aromatic rings. The lowest BCUT2D eigenvalue weighted by molar-refractivity contribution is -0.137. The van der Waals surface area contributed by atoms with Crippen LogP contribution in [0.5, 0.6) is 0 Å². The van der Waals surface area contributed by atoms with Crippen LogP contribution in [0.25, 0.3) is 0 Å². The van der Waals surface area contributed by atoms with Crippen molar-refractivity contribution in [2.45, 2.75) is 69.2 Å². The van der Waals surface area contributed by atoms with E-state index in [0.29, 0.717) is 18.6 Å². The Bertz CT molecular complexity index is 241. The Hall–Kier alpha value is -0.290. The van der Waals surface area contributed by atoms with Gasteiger partial charge in [0.2, 0.25) is 0 Å². The number of nitrogens with zero attached hydrogens (tertiary/aromatic N) is 1. The monoisotopic (exact) mass is 250 g/mol. The Balaban J connectivity index is 1.83. The van der Waals surface area contributed by atoms with Crippen LogP contribution in [0.3, 0.4) is 0 Å². The van der Waals surface area contributed by atoms with Gasteiger partial charge < -0.3 is 5.73 Å². The second-order valence-corrected chi connectivity index (χ2v) is 5.43. The number of nitrogens with two attached hydrogens (primary N) is 1. The molecule has 2 aliphatic heterocycles. The molecule has 2 fully saturated rings. The molecule has 2 heterocycles. The number of piperidine rings is 2. The molecule has 0 spiro atoms. The number of rotatable bonds is 3. The summed E-state index contributed by atoms with van der Waals surface area (Å²) in [6.45, 7) is 0.585. The zero-order chi connectivity index (χ0) is 12.5. The van der Waals surface area contributed by atoms with E-state index >= 15 is 0 Å². The van der Waals surface area contributed by atoms with Gasteiger partial charge in [-0.1, -0.05) is 6.42 Å². The fourth-order valence-corrected chi connectivity index (χ4v) is 3.35. The Morgan fingerprint density at radius 2 is 1.71 bits per heavy atom. The molecule has 0 radical (unpaired) electrons. The second-order valence-electron chi connectivity index (χ2n) is 5.43. The molecule has 0 aromatic heterocycles. The van der Waals surface area contributed by atoms with Gasteiger partial charge in [-0.3, -0.25) is 4.90 Å². The lowest BCUT2D eigenvalue weighted by Crippen LogP contribution is -2.55. The molecule has 2 bridgehead atoms. The van der Waals surface area contributed by atoms with E-state index in [1.54, 1.807) is 0 Å². The van der Waals surface area contributed by atoms with Crippen molar-refractivity contribution < 1.29 is 13.2 Å². The highest BCUT2D eigenvalue weighted by molar-refractivity contribution is 4.93. The molecule has 2 atom stereocenters. The molecular weight excluding hydrogens is 229 g/mol. The molecule has 100 valence electrons. The first-order chi connectivity index (χ1) is 7.96. The predicted molar refractivity (Wildman–Crippen MR) is 60.6 cm³/mol. The lowest BCUT2D eigenvalue weighted by atomic mass is 9.82. The van der Waals surface area contributed by atoms with Gasteiger partial charge in [0.1, 0.15) is 0 Å². The largest absolute Gasteiger partial charge is 0.389 e. The van der Waals surface area contributed by atoms with Crippen molar-refractivity contribution in [3.63, 3.8) is 0 Å². The molecule has 0 aliphatic carbocycles. The first-order valence-corrected chi connectivity index (χ1v) is 6.54. The Kier molecular flexibility index (Phi) is 3.98. The molecule has 0 aromatic carbocycles. The molecule has 17 heavy (non-hydrogen) atoms. The molecule has 2 aliphatic rings. The predicted octanol–water partition coefficient (Wildman–Crippen LogP) is 2.67. The summed E-state index contributed by atoms with van der Waals surface area (Å²) in [5.41, 5.74) is 5.98. The van der Waals surface area contributed by atoms with Crippen molar-refractivity contribution in [1.82, 2.24) is 4.90 Å². The number of halogens is 3. The van der Waals surface area contributed by atoms with Crippen LogP contribution in [0.1, 0.15) is 44.9 Å². The van der Waals surface area contributed by atoms with Gasteiger partial charge in [0.25, 0.3) is 0 Å². The van der Waals surface area contributed by atoms with Crippen LogP contribution in [0.15, 0.2) is 0 Å². The van der Waals surface area contributed by atoms with E-state index in [4.69, 9.17) is 5.73 Å². The third-order valence-electron chi connectivity index (χ3n) is 4.04. The first kappa shape index (κ1) is 13.1. The fourth-order valence-electron chi connectivity index (χ4n) is 3.35. The molecule has 2 unspecified atom stereocenters. The van der Waals surface area contributed by atoms with Gasteiger partial charge in [-0.15, -0.1) is 0 Å². The normalized spacial score (nSPS) is 34.9. The van der Waals surface area contributed by atoms with Gasteiger partial charge in [0.05, 0.1) is 0 Å². The summed E-state index contributed by atoms with van der Waals surface area (Å²) in [5, 5.41) is 0. The summed E-state index contributed by atoms with van der Waals surface area (Å²) < 4.78 is 36.4. The van der Waals surface area contributed by atoms with Crippen molar-refractivity contribution >= 4 is 0 Å². The Morgan fingerprint density at radius 3 is 2.24 bits per heavy atom. The van der Waals surface area contributed by atoms with Crippen LogP contribution in [0.4, 0.5) is 13.2 Å². The SMILES string of the molecule is NC1CC2CCCC(C1)N2CCCC(F)(F)F. The number of alkyl halides is 3. The average Bonchev–Trinajstić information content (AvgIpc) is 2.17. The van der Waals surface area contributed by atoms with Crippen molar-refractivity contribution in [3.8, 4) is 0 Å². The maximum Gasteiger partial charge on any atom is 0.389 e. The van der Waals surface area contributed by atoms with E-state index in [2.05, 4.69) is 4.90 Å². The Morgan fingerprint density at radius 1 is 1.12 bits per heavy atom. The highest BCUT2D eigenvalue weighted by atomic mass is 19.4. The van der Waals surface area contributed by atoms with Crippen LogP contribution >= 0.6 is 0 Å². The van der Waals surface area contributed by atoms with Gasteiger partial charge >= 0.3 is 6.18 Å². The zero-order valence-electron chi connectivity index (χ0n) is 10.0. The summed E-state index contributed by atoms with van der Waals surface area (Å²) in [4.78, 5) is 2.29. The minimum Gasteiger partial charge on any atom is -0.328 e. The van der Waals surface area contributed by atoms with E-state index in [9.17, 15) is 13.2 Å². The van der Waals surface area contributed by atoms with Crippen LogP contribution in [0, 0.1) is 0 Å². The number of hydrogen-bond donors (Lipinski definition) is 1. The molecule has 0 amide bonds. The minimum absolute atomic E-state index is 0.228. The van der Waals surface area contributed by atoms with Gasteiger partial charge in [0, 0.05) is 24.5 Å². The smallest absolute Gasteiger partial charge is 0.328 e. The maximum atomic E-state index is 12.1. The molecule has 2 saturated heterocycles. The Labute approximate surface area is 100 Å².